The first kappa shape index (κ1) is 20.6. The molecule has 0 saturated carbocycles. The lowest BCUT2D eigenvalue weighted by Gasteiger charge is -2.22. The summed E-state index contributed by atoms with van der Waals surface area (Å²) in [7, 11) is 1.27. The van der Waals surface area contributed by atoms with Crippen molar-refractivity contribution in [1.82, 2.24) is 4.90 Å². The highest BCUT2D eigenvalue weighted by Gasteiger charge is 2.40. The molecule has 0 bridgehead atoms. The Kier molecular flexibility index (Phi) is 6.70. The maximum absolute atomic E-state index is 12.6. The van der Waals surface area contributed by atoms with Crippen molar-refractivity contribution in [2.45, 2.75) is 18.9 Å². The fourth-order valence-electron chi connectivity index (χ4n) is 2.36. The summed E-state index contributed by atoms with van der Waals surface area (Å²) >= 11 is 6.05. The number of rotatable bonds is 7. The summed E-state index contributed by atoms with van der Waals surface area (Å²) in [4.78, 5) is 47.4. The van der Waals surface area contributed by atoms with Gasteiger partial charge in [0.05, 0.1) is 17.6 Å². The van der Waals surface area contributed by atoms with Crippen molar-refractivity contribution in [3.05, 3.63) is 40.3 Å². The lowest BCUT2D eigenvalue weighted by atomic mass is 10.1. The number of hydrogen-bond acceptors (Lipinski definition) is 7. The molecule has 1 fully saturated rings. The minimum absolute atomic E-state index is 0.0511. The van der Waals surface area contributed by atoms with Gasteiger partial charge in [0.1, 0.15) is 10.4 Å². The van der Waals surface area contributed by atoms with E-state index in [4.69, 9.17) is 17.3 Å². The Hall–Kier alpha value is -2.72. The lowest BCUT2D eigenvalue weighted by Crippen LogP contribution is -2.44. The molecule has 0 radical (unpaired) electrons. The third-order valence-electron chi connectivity index (χ3n) is 3.68. The van der Waals surface area contributed by atoms with Crippen LogP contribution in [0.2, 0.25) is 0 Å². The van der Waals surface area contributed by atoms with Gasteiger partial charge >= 0.3 is 17.9 Å². The van der Waals surface area contributed by atoms with E-state index < -0.39 is 36.3 Å². The average Bonchev–Trinajstić information content (AvgIpc) is 2.89. The van der Waals surface area contributed by atoms with E-state index in [1.807, 2.05) is 0 Å². The predicted octanol–water partition coefficient (Wildman–Crippen LogP) is 1.99. The Morgan fingerprint density at radius 2 is 1.89 bits per heavy atom. The molecule has 1 saturated heterocycles. The Bertz CT molecular complexity index is 832. The number of esters is 1. The Labute approximate surface area is 163 Å². The van der Waals surface area contributed by atoms with E-state index in [0.29, 0.717) is 11.1 Å². The fraction of sp³-hybridized carbons (Fsp3) is 0.235. The van der Waals surface area contributed by atoms with Gasteiger partial charge in [0, 0.05) is 6.42 Å². The zero-order valence-electron chi connectivity index (χ0n) is 14.1. The third kappa shape index (κ3) is 4.92. The van der Waals surface area contributed by atoms with Crippen LogP contribution in [0, 0.1) is 0 Å². The normalized spacial score (nSPS) is 16.5. The molecule has 0 unspecified atom stereocenters. The van der Waals surface area contributed by atoms with Gasteiger partial charge in [0.25, 0.3) is 5.91 Å². The number of benzene rings is 1. The van der Waals surface area contributed by atoms with Crippen LogP contribution in [0.5, 0.6) is 0 Å². The fourth-order valence-corrected chi connectivity index (χ4v) is 3.71. The number of thioether (sulfide) groups is 1. The molecule has 2 rings (SSSR count). The smallest absolute Gasteiger partial charge is 0.337 e. The standard InChI is InChI=1S/C17H15NO7S2/c1-25-16(24)10-4-2-9(3-5-10)8-12-14(21)18(17(26)27-12)11(15(22)23)6-7-13(19)20/h2-5,8,11H,6-7H2,1H3,(H,19,20)(H,22,23)/b12-8-/t11-/m0/s1. The van der Waals surface area contributed by atoms with Crippen LogP contribution in [-0.2, 0) is 19.1 Å². The predicted molar refractivity (Wildman–Crippen MR) is 101 cm³/mol. The number of methoxy groups -OCH3 is 1. The van der Waals surface area contributed by atoms with E-state index in [1.165, 1.54) is 25.3 Å². The number of carbonyl (C=O) groups excluding carboxylic acids is 2. The van der Waals surface area contributed by atoms with Crippen LogP contribution in [-0.4, -0.2) is 56.4 Å². The molecule has 1 heterocycles. The molecule has 10 heteroatoms. The lowest BCUT2D eigenvalue weighted by molar-refractivity contribution is -0.146. The molecule has 0 aliphatic carbocycles. The molecule has 1 atom stereocenters. The second-order valence-corrected chi connectivity index (χ2v) is 7.13. The molecule has 1 aliphatic heterocycles. The van der Waals surface area contributed by atoms with E-state index in [1.54, 1.807) is 12.1 Å². The topological polar surface area (TPSA) is 121 Å². The van der Waals surface area contributed by atoms with E-state index in [2.05, 4.69) is 4.74 Å². The number of thiocarbonyl (C=S) groups is 1. The molecule has 1 aromatic rings. The Morgan fingerprint density at radius 3 is 2.41 bits per heavy atom. The molecule has 142 valence electrons. The van der Waals surface area contributed by atoms with Crippen molar-refractivity contribution in [3.63, 3.8) is 0 Å². The summed E-state index contributed by atoms with van der Waals surface area (Å²) in [6.45, 7) is 0. The number of carbonyl (C=O) groups is 4. The Balaban J connectivity index is 2.23. The van der Waals surface area contributed by atoms with Gasteiger partial charge in [0.2, 0.25) is 0 Å². The van der Waals surface area contributed by atoms with Crippen molar-refractivity contribution in [2.75, 3.05) is 7.11 Å². The van der Waals surface area contributed by atoms with Gasteiger partial charge in [-0.2, -0.15) is 0 Å². The molecule has 0 spiro atoms. The number of ether oxygens (including phenoxy) is 1. The van der Waals surface area contributed by atoms with Crippen LogP contribution in [0.1, 0.15) is 28.8 Å². The highest BCUT2D eigenvalue weighted by atomic mass is 32.2. The Morgan fingerprint density at radius 1 is 1.26 bits per heavy atom. The van der Waals surface area contributed by atoms with Gasteiger partial charge in [-0.1, -0.05) is 36.1 Å². The van der Waals surface area contributed by atoms with Crippen LogP contribution >= 0.6 is 24.0 Å². The van der Waals surface area contributed by atoms with Crippen molar-refractivity contribution in [1.29, 1.82) is 0 Å². The van der Waals surface area contributed by atoms with Gasteiger partial charge in [-0.05, 0) is 30.2 Å². The first-order valence-corrected chi connectivity index (χ1v) is 8.87. The first-order chi connectivity index (χ1) is 12.7. The minimum Gasteiger partial charge on any atom is -0.481 e. The molecule has 27 heavy (non-hydrogen) atoms. The number of hydrogen-bond donors (Lipinski definition) is 2. The summed E-state index contributed by atoms with van der Waals surface area (Å²) in [5.74, 6) is -3.57. The first-order valence-electron chi connectivity index (χ1n) is 7.64. The highest BCUT2D eigenvalue weighted by Crippen LogP contribution is 2.35. The van der Waals surface area contributed by atoms with E-state index in [9.17, 15) is 24.3 Å². The summed E-state index contributed by atoms with van der Waals surface area (Å²) < 4.78 is 4.66. The van der Waals surface area contributed by atoms with Crippen LogP contribution in [0.3, 0.4) is 0 Å². The summed E-state index contributed by atoms with van der Waals surface area (Å²) in [5.41, 5.74) is 0.961. The summed E-state index contributed by atoms with van der Waals surface area (Å²) in [6.07, 6.45) is 0.872. The van der Waals surface area contributed by atoms with Crippen LogP contribution < -0.4 is 0 Å². The number of amides is 1. The molecule has 2 N–H and O–H groups in total. The quantitative estimate of drug-likeness (QED) is 0.395. The van der Waals surface area contributed by atoms with Crippen LogP contribution in [0.15, 0.2) is 29.2 Å². The third-order valence-corrected chi connectivity index (χ3v) is 5.01. The molecule has 1 aromatic carbocycles. The van der Waals surface area contributed by atoms with Crippen molar-refractivity contribution < 1.29 is 34.1 Å². The second kappa shape index (κ2) is 8.78. The van der Waals surface area contributed by atoms with Crippen LogP contribution in [0.4, 0.5) is 0 Å². The van der Waals surface area contributed by atoms with Gasteiger partial charge in [-0.15, -0.1) is 0 Å². The van der Waals surface area contributed by atoms with Crippen LogP contribution in [0.25, 0.3) is 6.08 Å². The van der Waals surface area contributed by atoms with Crippen molar-refractivity contribution in [3.8, 4) is 0 Å². The second-order valence-electron chi connectivity index (χ2n) is 5.45. The van der Waals surface area contributed by atoms with Gasteiger partial charge in [0.15, 0.2) is 0 Å². The largest absolute Gasteiger partial charge is 0.481 e. The zero-order valence-corrected chi connectivity index (χ0v) is 15.7. The molecular weight excluding hydrogens is 394 g/mol. The molecular formula is C17H15NO7S2. The monoisotopic (exact) mass is 409 g/mol. The minimum atomic E-state index is -1.35. The highest BCUT2D eigenvalue weighted by molar-refractivity contribution is 8.26. The molecule has 1 aliphatic rings. The number of carboxylic acids is 2. The van der Waals surface area contributed by atoms with E-state index in [-0.39, 0.29) is 15.6 Å². The maximum Gasteiger partial charge on any atom is 0.337 e. The van der Waals surface area contributed by atoms with Gasteiger partial charge < -0.3 is 14.9 Å². The zero-order chi connectivity index (χ0) is 20.1. The number of aliphatic carboxylic acids is 2. The molecule has 1 amide bonds. The van der Waals surface area contributed by atoms with Crippen molar-refractivity contribution in [2.24, 2.45) is 0 Å². The van der Waals surface area contributed by atoms with Crippen molar-refractivity contribution >= 4 is 58.2 Å². The summed E-state index contributed by atoms with van der Waals surface area (Å²) in [5, 5.41) is 18.1. The number of carboxylic acid groups (broad SMARTS) is 2. The van der Waals surface area contributed by atoms with E-state index in [0.717, 1.165) is 16.7 Å². The summed E-state index contributed by atoms with van der Waals surface area (Å²) in [6, 6.07) is 4.94. The number of nitrogens with zero attached hydrogens (tertiary/aromatic N) is 1. The SMILES string of the molecule is COC(=O)c1ccc(/C=C2\SC(=S)N([C@@H](CCC(=O)O)C(=O)O)C2=O)cc1. The van der Waals surface area contributed by atoms with Gasteiger partial charge in [-0.25, -0.2) is 9.59 Å². The average molecular weight is 409 g/mol. The van der Waals surface area contributed by atoms with E-state index >= 15 is 0 Å². The maximum atomic E-state index is 12.6. The molecule has 0 aromatic heterocycles. The van der Waals surface area contributed by atoms with Gasteiger partial charge in [-0.3, -0.25) is 14.5 Å². The molecule has 8 nitrogen and oxygen atoms in total.